The van der Waals surface area contributed by atoms with E-state index in [4.69, 9.17) is 18.0 Å². The molecular formula is C23H41O5PSi. The lowest BCUT2D eigenvalue weighted by Crippen LogP contribution is -2.40. The minimum absolute atomic E-state index is 0.0735. The summed E-state index contributed by atoms with van der Waals surface area (Å²) in [5.74, 6) is 0.427. The Morgan fingerprint density at radius 3 is 1.87 bits per heavy atom. The van der Waals surface area contributed by atoms with Gasteiger partial charge in [-0.25, -0.2) is 4.57 Å². The summed E-state index contributed by atoms with van der Waals surface area (Å²) in [5, 5.41) is 0.0735. The lowest BCUT2D eigenvalue weighted by molar-refractivity contribution is 0.0221. The molecule has 0 aliphatic heterocycles. The largest absolute Gasteiger partial charge is 0.531 e. The van der Waals surface area contributed by atoms with E-state index in [2.05, 4.69) is 40.4 Å². The monoisotopic (exact) mass is 456 g/mol. The molecule has 0 saturated carbocycles. The van der Waals surface area contributed by atoms with Crippen molar-refractivity contribution < 1.29 is 22.6 Å². The number of phosphoric acid groups is 1. The van der Waals surface area contributed by atoms with E-state index in [1.54, 1.807) is 12.1 Å². The van der Waals surface area contributed by atoms with E-state index >= 15 is 0 Å². The Balaban J connectivity index is 3.31. The van der Waals surface area contributed by atoms with Gasteiger partial charge in [-0.05, 0) is 77.4 Å². The topological polar surface area (TPSA) is 54.0 Å². The molecule has 0 radical (unpaired) electrons. The van der Waals surface area contributed by atoms with Crippen LogP contribution in [-0.4, -0.2) is 19.5 Å². The van der Waals surface area contributed by atoms with Gasteiger partial charge in [-0.3, -0.25) is 9.05 Å². The summed E-state index contributed by atoms with van der Waals surface area (Å²) < 4.78 is 37.5. The predicted molar refractivity (Wildman–Crippen MR) is 128 cm³/mol. The van der Waals surface area contributed by atoms with Gasteiger partial charge in [0.25, 0.3) is 0 Å². The predicted octanol–water partition coefficient (Wildman–Crippen LogP) is 7.97. The first kappa shape index (κ1) is 27.1. The van der Waals surface area contributed by atoms with Gasteiger partial charge in [-0.2, -0.15) is 0 Å². The second-order valence-electron chi connectivity index (χ2n) is 11.1. The van der Waals surface area contributed by atoms with Crippen molar-refractivity contribution in [2.45, 2.75) is 98.3 Å². The van der Waals surface area contributed by atoms with Gasteiger partial charge < -0.3 is 8.95 Å². The highest BCUT2D eigenvalue weighted by Crippen LogP contribution is 2.55. The van der Waals surface area contributed by atoms with Crippen LogP contribution in [0.1, 0.15) is 73.4 Å². The number of phosphoric ester groups is 1. The van der Waals surface area contributed by atoms with Crippen molar-refractivity contribution in [3.8, 4) is 5.75 Å². The maximum absolute atomic E-state index is 13.6. The van der Waals surface area contributed by atoms with Crippen LogP contribution in [0.25, 0.3) is 6.08 Å². The molecule has 172 valence electrons. The average molecular weight is 457 g/mol. The van der Waals surface area contributed by atoms with E-state index < -0.39 is 27.3 Å². The molecule has 7 heteroatoms. The number of rotatable bonds is 8. The van der Waals surface area contributed by atoms with Crippen molar-refractivity contribution in [1.82, 2.24) is 0 Å². The summed E-state index contributed by atoms with van der Waals surface area (Å²) >= 11 is 0. The van der Waals surface area contributed by atoms with Crippen LogP contribution in [0.15, 0.2) is 24.8 Å². The maximum atomic E-state index is 13.6. The standard InChI is InChI=1S/C23H41O5PSi/c1-13-18-14-15-20(19(16-18)17-25-30(11,12)23(8,9)10)26-29(24,27-21(2,3)4)28-22(5,6)7/h13-16H,1,17H2,2-12H3. The van der Waals surface area contributed by atoms with Crippen LogP contribution >= 0.6 is 7.82 Å². The third kappa shape index (κ3) is 8.68. The zero-order chi connectivity index (χ0) is 23.6. The minimum atomic E-state index is -3.90. The minimum Gasteiger partial charge on any atom is -0.412 e. The summed E-state index contributed by atoms with van der Waals surface area (Å²) in [6.45, 7) is 26.1. The molecule has 0 heterocycles. The Kier molecular flexibility index (Phi) is 8.40. The zero-order valence-electron chi connectivity index (χ0n) is 20.7. The zero-order valence-corrected chi connectivity index (χ0v) is 22.6. The van der Waals surface area contributed by atoms with Crippen molar-refractivity contribution in [3.63, 3.8) is 0 Å². The fourth-order valence-corrected chi connectivity index (χ4v) is 5.07. The highest BCUT2D eigenvalue weighted by molar-refractivity contribution is 7.49. The third-order valence-electron chi connectivity index (χ3n) is 4.70. The van der Waals surface area contributed by atoms with Crippen molar-refractivity contribution in [2.75, 3.05) is 0 Å². The van der Waals surface area contributed by atoms with E-state index in [9.17, 15) is 4.57 Å². The van der Waals surface area contributed by atoms with Crippen molar-refractivity contribution in [1.29, 1.82) is 0 Å². The third-order valence-corrected chi connectivity index (χ3v) is 11.1. The molecule has 0 aromatic heterocycles. The second-order valence-corrected chi connectivity index (χ2v) is 17.3. The quantitative estimate of drug-likeness (QED) is 0.293. The van der Waals surface area contributed by atoms with Crippen molar-refractivity contribution >= 4 is 22.2 Å². The van der Waals surface area contributed by atoms with Gasteiger partial charge in [0, 0.05) is 5.56 Å². The summed E-state index contributed by atoms with van der Waals surface area (Å²) in [6.07, 6.45) is 1.76. The van der Waals surface area contributed by atoms with Crippen LogP contribution in [0, 0.1) is 0 Å². The smallest absolute Gasteiger partial charge is 0.412 e. The number of benzene rings is 1. The first-order valence-corrected chi connectivity index (χ1v) is 14.7. The molecule has 0 bridgehead atoms. The Morgan fingerprint density at radius 2 is 1.47 bits per heavy atom. The van der Waals surface area contributed by atoms with Crippen LogP contribution in [0.3, 0.4) is 0 Å². The highest BCUT2D eigenvalue weighted by Gasteiger charge is 2.40. The molecule has 1 rings (SSSR count). The van der Waals surface area contributed by atoms with E-state index in [1.807, 2.05) is 53.7 Å². The molecule has 0 aliphatic carbocycles. The number of hydrogen-bond donors (Lipinski definition) is 0. The molecular weight excluding hydrogens is 415 g/mol. The Labute approximate surface area is 184 Å². The van der Waals surface area contributed by atoms with Crippen molar-refractivity contribution in [2.24, 2.45) is 0 Å². The average Bonchev–Trinajstić information content (AvgIpc) is 2.48. The molecule has 5 nitrogen and oxygen atoms in total. The molecule has 0 amide bonds. The van der Waals surface area contributed by atoms with E-state index in [0.717, 1.165) is 11.1 Å². The Hall–Kier alpha value is -0.913. The fraction of sp³-hybridized carbons (Fsp3) is 0.652. The van der Waals surface area contributed by atoms with Crippen LogP contribution in [-0.2, 0) is 24.6 Å². The molecule has 0 spiro atoms. The lowest BCUT2D eigenvalue weighted by Gasteiger charge is -2.36. The Bertz CT molecular complexity index is 762. The van der Waals surface area contributed by atoms with E-state index in [-0.39, 0.29) is 5.04 Å². The van der Waals surface area contributed by atoms with Gasteiger partial charge in [0.1, 0.15) is 5.75 Å². The normalized spacial score (nSPS) is 14.0. The molecule has 0 atom stereocenters. The van der Waals surface area contributed by atoms with E-state index in [0.29, 0.717) is 12.4 Å². The lowest BCUT2D eigenvalue weighted by atomic mass is 10.1. The van der Waals surface area contributed by atoms with Crippen LogP contribution in [0.4, 0.5) is 0 Å². The molecule has 0 fully saturated rings. The SMILES string of the molecule is C=Cc1ccc(OP(=O)(OC(C)(C)C)OC(C)(C)C)c(CO[Si](C)(C)C(C)(C)C)c1. The highest BCUT2D eigenvalue weighted by atomic mass is 31.2. The van der Waals surface area contributed by atoms with E-state index in [1.165, 1.54) is 0 Å². The molecule has 0 N–H and O–H groups in total. The van der Waals surface area contributed by atoms with Gasteiger partial charge in [0.2, 0.25) is 0 Å². The first-order valence-electron chi connectivity index (χ1n) is 10.4. The fourth-order valence-electron chi connectivity index (χ4n) is 2.25. The molecule has 0 saturated heterocycles. The first-order chi connectivity index (χ1) is 13.3. The number of hydrogen-bond acceptors (Lipinski definition) is 5. The molecule has 1 aromatic carbocycles. The Morgan fingerprint density at radius 1 is 0.967 bits per heavy atom. The molecule has 0 unspecified atom stereocenters. The summed E-state index contributed by atoms with van der Waals surface area (Å²) in [7, 11) is -5.89. The molecule has 30 heavy (non-hydrogen) atoms. The van der Waals surface area contributed by atoms with Crippen LogP contribution in [0.2, 0.25) is 18.1 Å². The van der Waals surface area contributed by atoms with Gasteiger partial charge in [-0.1, -0.05) is 39.5 Å². The summed E-state index contributed by atoms with van der Waals surface area (Å²) in [4.78, 5) is 0. The summed E-state index contributed by atoms with van der Waals surface area (Å²) in [6, 6.07) is 5.57. The van der Waals surface area contributed by atoms with Crippen LogP contribution < -0.4 is 4.52 Å². The van der Waals surface area contributed by atoms with Crippen LogP contribution in [0.5, 0.6) is 5.75 Å². The second kappa shape index (κ2) is 9.29. The molecule has 0 aliphatic rings. The van der Waals surface area contributed by atoms with Gasteiger partial charge in [0.15, 0.2) is 8.32 Å². The maximum Gasteiger partial charge on any atom is 0.531 e. The molecule has 1 aromatic rings. The van der Waals surface area contributed by atoms with Gasteiger partial charge in [0.05, 0.1) is 17.8 Å². The van der Waals surface area contributed by atoms with Crippen molar-refractivity contribution in [3.05, 3.63) is 35.9 Å². The van der Waals surface area contributed by atoms with Gasteiger partial charge in [-0.15, -0.1) is 0 Å². The summed E-state index contributed by atoms with van der Waals surface area (Å²) in [5.41, 5.74) is 0.297. The van der Waals surface area contributed by atoms with Gasteiger partial charge >= 0.3 is 7.82 Å².